The van der Waals surface area contributed by atoms with Crippen molar-refractivity contribution < 1.29 is 19.1 Å². The number of carbonyl (C=O) groups is 3. The molecule has 0 N–H and O–H groups in total. The first kappa shape index (κ1) is 16.8. The summed E-state index contributed by atoms with van der Waals surface area (Å²) in [6.45, 7) is 0. The summed E-state index contributed by atoms with van der Waals surface area (Å²) < 4.78 is 4.88. The van der Waals surface area contributed by atoms with Crippen LogP contribution in [0.4, 0.5) is 0 Å². The molecule has 0 radical (unpaired) electrons. The summed E-state index contributed by atoms with van der Waals surface area (Å²) in [6.07, 6.45) is 3.54. The summed E-state index contributed by atoms with van der Waals surface area (Å²) in [5, 5.41) is 0. The lowest BCUT2D eigenvalue weighted by atomic mass is 9.68. The third-order valence-electron chi connectivity index (χ3n) is 4.52. The molecule has 25 heavy (non-hydrogen) atoms. The first-order valence-corrected chi connectivity index (χ1v) is 8.05. The molecule has 2 aromatic carbocycles. The molecule has 3 rings (SSSR count). The minimum Gasteiger partial charge on any atom is -0.468 e. The minimum absolute atomic E-state index is 0.119. The Balaban J connectivity index is 1.98. The van der Waals surface area contributed by atoms with Crippen LogP contribution in [-0.2, 0) is 9.53 Å². The number of fused-ring (bicyclic) bond motifs is 1. The van der Waals surface area contributed by atoms with Gasteiger partial charge in [0.2, 0.25) is 0 Å². The fourth-order valence-electron chi connectivity index (χ4n) is 3.20. The van der Waals surface area contributed by atoms with Crippen molar-refractivity contribution in [3.05, 3.63) is 77.4 Å². The van der Waals surface area contributed by atoms with Crippen LogP contribution >= 0.6 is 0 Å². The minimum atomic E-state index is -1.49. The standard InChI is InChI=1S/C21H18O4/c1-25-20(24)21(13-7-10-15-8-3-2-4-9-15)14-18(22)16-11-5-6-12-17(16)19(21)23/h2-12H,13-14H2,1H3/b10-7-. The van der Waals surface area contributed by atoms with E-state index in [1.807, 2.05) is 36.4 Å². The monoisotopic (exact) mass is 334 g/mol. The van der Waals surface area contributed by atoms with Crippen molar-refractivity contribution in [3.63, 3.8) is 0 Å². The molecule has 0 saturated heterocycles. The molecule has 0 heterocycles. The Labute approximate surface area is 146 Å². The lowest BCUT2D eigenvalue weighted by molar-refractivity contribution is -0.149. The molecule has 0 bridgehead atoms. The highest BCUT2D eigenvalue weighted by Gasteiger charge is 2.51. The van der Waals surface area contributed by atoms with Crippen molar-refractivity contribution in [1.82, 2.24) is 0 Å². The zero-order valence-corrected chi connectivity index (χ0v) is 13.9. The quantitative estimate of drug-likeness (QED) is 0.631. The summed E-state index contributed by atoms with van der Waals surface area (Å²) >= 11 is 0. The summed E-state index contributed by atoms with van der Waals surface area (Å²) in [6, 6.07) is 16.2. The number of rotatable bonds is 4. The van der Waals surface area contributed by atoms with E-state index in [1.54, 1.807) is 30.3 Å². The molecule has 0 saturated carbocycles. The van der Waals surface area contributed by atoms with Gasteiger partial charge in [-0.1, -0.05) is 66.7 Å². The molecule has 1 atom stereocenters. The fourth-order valence-corrected chi connectivity index (χ4v) is 3.20. The number of ether oxygens (including phenoxy) is 1. The lowest BCUT2D eigenvalue weighted by Crippen LogP contribution is -2.45. The van der Waals surface area contributed by atoms with Crippen LogP contribution in [0.3, 0.4) is 0 Å². The highest BCUT2D eigenvalue weighted by atomic mass is 16.5. The number of methoxy groups -OCH3 is 1. The summed E-state index contributed by atoms with van der Waals surface area (Å²) in [7, 11) is 1.24. The molecule has 1 unspecified atom stereocenters. The molecule has 0 spiro atoms. The van der Waals surface area contributed by atoms with E-state index < -0.39 is 11.4 Å². The molecular formula is C21H18O4. The summed E-state index contributed by atoms with van der Waals surface area (Å²) in [4.78, 5) is 38.0. The van der Waals surface area contributed by atoms with Crippen LogP contribution in [0.1, 0.15) is 39.1 Å². The number of hydrogen-bond acceptors (Lipinski definition) is 4. The van der Waals surface area contributed by atoms with Gasteiger partial charge in [0.05, 0.1) is 7.11 Å². The van der Waals surface area contributed by atoms with Crippen molar-refractivity contribution >= 4 is 23.6 Å². The van der Waals surface area contributed by atoms with E-state index in [0.717, 1.165) is 5.56 Å². The van der Waals surface area contributed by atoms with E-state index in [2.05, 4.69) is 0 Å². The number of esters is 1. The predicted molar refractivity (Wildman–Crippen MR) is 94.3 cm³/mol. The number of Topliss-reactive ketones (excluding diaryl/α,β-unsaturated/α-hetero) is 2. The van der Waals surface area contributed by atoms with E-state index in [4.69, 9.17) is 4.74 Å². The molecule has 0 amide bonds. The lowest BCUT2D eigenvalue weighted by Gasteiger charge is -2.32. The first-order chi connectivity index (χ1) is 12.1. The normalized spacial score (nSPS) is 19.7. The van der Waals surface area contributed by atoms with Crippen LogP contribution < -0.4 is 0 Å². The second-order valence-electron chi connectivity index (χ2n) is 6.07. The molecule has 126 valence electrons. The Kier molecular flexibility index (Phi) is 4.61. The van der Waals surface area contributed by atoms with Crippen LogP contribution in [0, 0.1) is 5.41 Å². The molecule has 0 aromatic heterocycles. The molecule has 4 heteroatoms. The largest absolute Gasteiger partial charge is 0.468 e. The Bertz CT molecular complexity index is 851. The number of hydrogen-bond donors (Lipinski definition) is 0. The van der Waals surface area contributed by atoms with Gasteiger partial charge in [0.15, 0.2) is 11.6 Å². The second-order valence-corrected chi connectivity index (χ2v) is 6.07. The molecule has 2 aromatic rings. The molecule has 1 aliphatic carbocycles. The van der Waals surface area contributed by atoms with Crippen molar-refractivity contribution in [2.24, 2.45) is 5.41 Å². The highest BCUT2D eigenvalue weighted by Crippen LogP contribution is 2.40. The van der Waals surface area contributed by atoms with Gasteiger partial charge < -0.3 is 4.74 Å². The molecule has 0 fully saturated rings. The van der Waals surface area contributed by atoms with Crippen LogP contribution in [-0.4, -0.2) is 24.6 Å². The Morgan fingerprint density at radius 1 is 1.04 bits per heavy atom. The topological polar surface area (TPSA) is 60.4 Å². The third-order valence-corrected chi connectivity index (χ3v) is 4.52. The van der Waals surface area contributed by atoms with E-state index in [-0.39, 0.29) is 30.0 Å². The molecule has 0 aliphatic heterocycles. The van der Waals surface area contributed by atoms with Crippen molar-refractivity contribution in [2.45, 2.75) is 12.8 Å². The second kappa shape index (κ2) is 6.85. The van der Waals surface area contributed by atoms with Gasteiger partial charge in [0, 0.05) is 17.5 Å². The van der Waals surface area contributed by atoms with Gasteiger partial charge in [-0.25, -0.2) is 0 Å². The van der Waals surface area contributed by atoms with Gasteiger partial charge in [0.1, 0.15) is 5.41 Å². The molecular weight excluding hydrogens is 316 g/mol. The van der Waals surface area contributed by atoms with Crippen LogP contribution in [0.15, 0.2) is 60.7 Å². The fraction of sp³-hybridized carbons (Fsp3) is 0.190. The van der Waals surface area contributed by atoms with E-state index in [1.165, 1.54) is 7.11 Å². The van der Waals surface area contributed by atoms with Gasteiger partial charge in [-0.05, 0) is 12.0 Å². The number of allylic oxidation sites excluding steroid dienone is 1. The van der Waals surface area contributed by atoms with Gasteiger partial charge in [-0.2, -0.15) is 0 Å². The Morgan fingerprint density at radius 2 is 1.68 bits per heavy atom. The maximum absolute atomic E-state index is 13.0. The zero-order valence-electron chi connectivity index (χ0n) is 13.9. The maximum atomic E-state index is 13.0. The van der Waals surface area contributed by atoms with Crippen molar-refractivity contribution in [1.29, 1.82) is 0 Å². The van der Waals surface area contributed by atoms with Gasteiger partial charge in [-0.15, -0.1) is 0 Å². The van der Waals surface area contributed by atoms with Gasteiger partial charge >= 0.3 is 5.97 Å². The SMILES string of the molecule is COC(=O)C1(C/C=C\c2ccccc2)CC(=O)c2ccccc2C1=O. The van der Waals surface area contributed by atoms with Gasteiger partial charge in [0.25, 0.3) is 0 Å². The van der Waals surface area contributed by atoms with Crippen LogP contribution in [0.25, 0.3) is 6.08 Å². The average Bonchev–Trinajstić information content (AvgIpc) is 2.66. The number of carbonyl (C=O) groups excluding carboxylic acids is 3. The number of benzene rings is 2. The first-order valence-electron chi connectivity index (χ1n) is 8.05. The van der Waals surface area contributed by atoms with Crippen LogP contribution in [0.5, 0.6) is 0 Å². The Hall–Kier alpha value is -3.01. The molecule has 4 nitrogen and oxygen atoms in total. The summed E-state index contributed by atoms with van der Waals surface area (Å²) in [5.41, 5.74) is 0.125. The highest BCUT2D eigenvalue weighted by molar-refractivity contribution is 6.23. The van der Waals surface area contributed by atoms with Crippen LogP contribution in [0.2, 0.25) is 0 Å². The zero-order chi connectivity index (χ0) is 17.9. The average molecular weight is 334 g/mol. The van der Waals surface area contributed by atoms with E-state index in [0.29, 0.717) is 5.56 Å². The number of ketones is 2. The maximum Gasteiger partial charge on any atom is 0.320 e. The van der Waals surface area contributed by atoms with E-state index >= 15 is 0 Å². The van der Waals surface area contributed by atoms with Crippen molar-refractivity contribution in [3.8, 4) is 0 Å². The summed E-state index contributed by atoms with van der Waals surface area (Å²) in [5.74, 6) is -1.24. The van der Waals surface area contributed by atoms with E-state index in [9.17, 15) is 14.4 Å². The van der Waals surface area contributed by atoms with Crippen molar-refractivity contribution in [2.75, 3.05) is 7.11 Å². The third kappa shape index (κ3) is 3.03. The molecule has 1 aliphatic rings. The predicted octanol–water partition coefficient (Wildman–Crippen LogP) is 3.72. The van der Waals surface area contributed by atoms with Gasteiger partial charge in [-0.3, -0.25) is 14.4 Å². The smallest absolute Gasteiger partial charge is 0.320 e. The Morgan fingerprint density at radius 3 is 2.36 bits per heavy atom.